The summed E-state index contributed by atoms with van der Waals surface area (Å²) in [5, 5.41) is 7.03. The Morgan fingerprint density at radius 1 is 1.28 bits per heavy atom. The van der Waals surface area contributed by atoms with Crippen molar-refractivity contribution in [3.63, 3.8) is 0 Å². The van der Waals surface area contributed by atoms with Gasteiger partial charge in [0, 0.05) is 24.2 Å². The quantitative estimate of drug-likeness (QED) is 0.851. The summed E-state index contributed by atoms with van der Waals surface area (Å²) in [6, 6.07) is 10.3. The van der Waals surface area contributed by atoms with Crippen LogP contribution < -0.4 is 10.1 Å². The topological polar surface area (TPSA) is 47.3 Å². The zero-order valence-electron chi connectivity index (χ0n) is 10.7. The first-order valence-electron chi connectivity index (χ1n) is 6.09. The van der Waals surface area contributed by atoms with Gasteiger partial charge in [-0.1, -0.05) is 37.2 Å². The summed E-state index contributed by atoms with van der Waals surface area (Å²) in [5.41, 5.74) is 1.14. The minimum Gasteiger partial charge on any atom is -0.485 e. The lowest BCUT2D eigenvalue weighted by atomic mass is 10.2. The highest BCUT2D eigenvalue weighted by Crippen LogP contribution is 2.19. The molecule has 96 valence electrons. The Labute approximate surface area is 107 Å². The molecule has 2 aromatic rings. The van der Waals surface area contributed by atoms with E-state index in [0.29, 0.717) is 12.6 Å². The zero-order valence-corrected chi connectivity index (χ0v) is 10.7. The molecule has 1 aromatic carbocycles. The van der Waals surface area contributed by atoms with E-state index in [9.17, 15) is 0 Å². The minimum atomic E-state index is 0.401. The first-order chi connectivity index (χ1) is 8.75. The van der Waals surface area contributed by atoms with Crippen LogP contribution >= 0.6 is 0 Å². The lowest BCUT2D eigenvalue weighted by Crippen LogP contribution is -2.22. The van der Waals surface area contributed by atoms with Gasteiger partial charge in [-0.3, -0.25) is 0 Å². The molecule has 0 unspecified atom stereocenters. The molecule has 0 radical (unpaired) electrons. The standard InChI is InChI=1S/C14H18N2O2/c1-11(2)15-9-12-5-3-4-6-14(12)17-10-13-7-8-16-18-13/h3-8,11,15H,9-10H2,1-2H3. The molecule has 4 nitrogen and oxygen atoms in total. The van der Waals surface area contributed by atoms with Crippen LogP contribution in [0.1, 0.15) is 25.2 Å². The summed E-state index contributed by atoms with van der Waals surface area (Å²) in [5.74, 6) is 1.60. The van der Waals surface area contributed by atoms with Crippen LogP contribution in [0.3, 0.4) is 0 Å². The highest BCUT2D eigenvalue weighted by molar-refractivity contribution is 5.33. The third-order valence-corrected chi connectivity index (χ3v) is 2.53. The van der Waals surface area contributed by atoms with Gasteiger partial charge in [0.25, 0.3) is 0 Å². The SMILES string of the molecule is CC(C)NCc1ccccc1OCc1ccno1. The molecule has 0 fully saturated rings. The number of nitrogens with one attached hydrogen (secondary N) is 1. The maximum Gasteiger partial charge on any atom is 0.174 e. The van der Waals surface area contributed by atoms with E-state index in [4.69, 9.17) is 9.26 Å². The second kappa shape index (κ2) is 6.21. The molecule has 0 aliphatic carbocycles. The van der Waals surface area contributed by atoms with Gasteiger partial charge < -0.3 is 14.6 Å². The molecule has 0 saturated heterocycles. The van der Waals surface area contributed by atoms with Gasteiger partial charge in [0.1, 0.15) is 12.4 Å². The maximum absolute atomic E-state index is 5.74. The van der Waals surface area contributed by atoms with Crippen LogP contribution in [0.25, 0.3) is 0 Å². The third kappa shape index (κ3) is 3.60. The van der Waals surface area contributed by atoms with Gasteiger partial charge in [-0.05, 0) is 6.07 Å². The summed E-state index contributed by atoms with van der Waals surface area (Å²) >= 11 is 0. The van der Waals surface area contributed by atoms with Crippen molar-refractivity contribution in [1.82, 2.24) is 10.5 Å². The third-order valence-electron chi connectivity index (χ3n) is 2.53. The predicted molar refractivity (Wildman–Crippen MR) is 69.3 cm³/mol. The van der Waals surface area contributed by atoms with E-state index in [2.05, 4.69) is 30.4 Å². The van der Waals surface area contributed by atoms with E-state index in [0.717, 1.165) is 23.6 Å². The van der Waals surface area contributed by atoms with Crippen molar-refractivity contribution in [2.24, 2.45) is 0 Å². The fraction of sp³-hybridized carbons (Fsp3) is 0.357. The van der Waals surface area contributed by atoms with Crippen LogP contribution in [0.15, 0.2) is 41.1 Å². The lowest BCUT2D eigenvalue weighted by molar-refractivity contribution is 0.247. The predicted octanol–water partition coefficient (Wildman–Crippen LogP) is 2.75. The van der Waals surface area contributed by atoms with Gasteiger partial charge in [-0.2, -0.15) is 0 Å². The average Bonchev–Trinajstić information content (AvgIpc) is 2.88. The highest BCUT2D eigenvalue weighted by atomic mass is 16.5. The molecule has 0 saturated carbocycles. The van der Waals surface area contributed by atoms with Crippen molar-refractivity contribution in [2.45, 2.75) is 33.0 Å². The second-order valence-corrected chi connectivity index (χ2v) is 4.41. The van der Waals surface area contributed by atoms with Gasteiger partial charge in [-0.15, -0.1) is 0 Å². The Balaban J connectivity index is 1.98. The Kier molecular flexibility index (Phi) is 4.36. The number of benzene rings is 1. The summed E-state index contributed by atoms with van der Waals surface area (Å²) in [7, 11) is 0. The van der Waals surface area contributed by atoms with E-state index >= 15 is 0 Å². The molecule has 4 heteroatoms. The maximum atomic E-state index is 5.74. The van der Waals surface area contributed by atoms with Gasteiger partial charge in [0.15, 0.2) is 5.76 Å². The number of ether oxygens (including phenoxy) is 1. The Hall–Kier alpha value is -1.81. The molecule has 1 aromatic heterocycles. The Bertz CT molecular complexity index is 466. The summed E-state index contributed by atoms with van der Waals surface area (Å²) in [6.07, 6.45) is 1.62. The molecule has 2 rings (SSSR count). The molecule has 0 bridgehead atoms. The van der Waals surface area contributed by atoms with Crippen LogP contribution in [0, 0.1) is 0 Å². The summed E-state index contributed by atoms with van der Waals surface area (Å²) in [6.45, 7) is 5.44. The fourth-order valence-electron chi connectivity index (χ4n) is 1.57. The average molecular weight is 246 g/mol. The normalized spacial score (nSPS) is 10.8. The van der Waals surface area contributed by atoms with Crippen molar-refractivity contribution in [2.75, 3.05) is 0 Å². The molecule has 1 N–H and O–H groups in total. The molecule has 0 amide bonds. The molecule has 0 aliphatic rings. The molecule has 18 heavy (non-hydrogen) atoms. The van der Waals surface area contributed by atoms with Gasteiger partial charge in [-0.25, -0.2) is 0 Å². The first-order valence-corrected chi connectivity index (χ1v) is 6.09. The number of hydrogen-bond donors (Lipinski definition) is 1. The number of nitrogens with zero attached hydrogens (tertiary/aromatic N) is 1. The van der Waals surface area contributed by atoms with Crippen molar-refractivity contribution < 1.29 is 9.26 Å². The van der Waals surface area contributed by atoms with E-state index < -0.39 is 0 Å². The van der Waals surface area contributed by atoms with Crippen LogP contribution in [0.4, 0.5) is 0 Å². The van der Waals surface area contributed by atoms with Crippen molar-refractivity contribution >= 4 is 0 Å². The molecule has 0 atom stereocenters. The molecular weight excluding hydrogens is 228 g/mol. The van der Waals surface area contributed by atoms with Crippen LogP contribution in [0.2, 0.25) is 0 Å². The summed E-state index contributed by atoms with van der Waals surface area (Å²) in [4.78, 5) is 0. The smallest absolute Gasteiger partial charge is 0.174 e. The number of para-hydroxylation sites is 1. The first kappa shape index (κ1) is 12.6. The Morgan fingerprint density at radius 3 is 2.83 bits per heavy atom. The second-order valence-electron chi connectivity index (χ2n) is 4.41. The number of aromatic nitrogens is 1. The van der Waals surface area contributed by atoms with Crippen LogP contribution in [0.5, 0.6) is 5.75 Å². The molecular formula is C14H18N2O2. The molecule has 0 aliphatic heterocycles. The number of hydrogen-bond acceptors (Lipinski definition) is 4. The lowest BCUT2D eigenvalue weighted by Gasteiger charge is -2.12. The highest BCUT2D eigenvalue weighted by Gasteiger charge is 2.05. The van der Waals surface area contributed by atoms with Gasteiger partial charge >= 0.3 is 0 Å². The van der Waals surface area contributed by atoms with E-state index in [1.807, 2.05) is 18.2 Å². The van der Waals surface area contributed by atoms with Crippen LogP contribution in [-0.2, 0) is 13.2 Å². The number of rotatable bonds is 6. The summed E-state index contributed by atoms with van der Waals surface area (Å²) < 4.78 is 10.7. The van der Waals surface area contributed by atoms with Crippen molar-refractivity contribution in [3.05, 3.63) is 47.9 Å². The zero-order chi connectivity index (χ0) is 12.8. The fourth-order valence-corrected chi connectivity index (χ4v) is 1.57. The Morgan fingerprint density at radius 2 is 2.11 bits per heavy atom. The van der Waals surface area contributed by atoms with E-state index in [1.54, 1.807) is 12.3 Å². The minimum absolute atomic E-state index is 0.401. The van der Waals surface area contributed by atoms with Crippen molar-refractivity contribution in [1.29, 1.82) is 0 Å². The largest absolute Gasteiger partial charge is 0.485 e. The monoisotopic (exact) mass is 246 g/mol. The van der Waals surface area contributed by atoms with E-state index in [-0.39, 0.29) is 0 Å². The van der Waals surface area contributed by atoms with Gasteiger partial charge in [0.2, 0.25) is 0 Å². The molecule has 1 heterocycles. The molecule has 0 spiro atoms. The van der Waals surface area contributed by atoms with E-state index in [1.165, 1.54) is 0 Å². The van der Waals surface area contributed by atoms with Crippen molar-refractivity contribution in [3.8, 4) is 5.75 Å². The van der Waals surface area contributed by atoms with Crippen LogP contribution in [-0.4, -0.2) is 11.2 Å². The van der Waals surface area contributed by atoms with Gasteiger partial charge in [0.05, 0.1) is 6.20 Å².